The lowest BCUT2D eigenvalue weighted by Gasteiger charge is -2.13. The fraction of sp³-hybridized carbons (Fsp3) is 0.417. The lowest BCUT2D eigenvalue weighted by molar-refractivity contribution is -0.385. The maximum atomic E-state index is 11.2. The first-order chi connectivity index (χ1) is 9.61. The van der Waals surface area contributed by atoms with E-state index in [1.807, 2.05) is 0 Å². The standard InChI is InChI=1S/C12H14N2O6/c1-18-9-2-3-11(10(8-9)14(16)17)19-6-4-13-5-7-20-12(13)15/h2-3,8H,4-7H2,1H3. The van der Waals surface area contributed by atoms with Crippen LogP contribution in [0.15, 0.2) is 18.2 Å². The first kappa shape index (κ1) is 13.9. The van der Waals surface area contributed by atoms with Crippen LogP contribution in [0.1, 0.15) is 0 Å². The summed E-state index contributed by atoms with van der Waals surface area (Å²) in [6.07, 6.45) is -0.391. The number of hydrogen-bond acceptors (Lipinski definition) is 6. The highest BCUT2D eigenvalue weighted by atomic mass is 16.6. The van der Waals surface area contributed by atoms with E-state index in [1.54, 1.807) is 6.07 Å². The Morgan fingerprint density at radius 3 is 2.90 bits per heavy atom. The molecule has 8 heteroatoms. The van der Waals surface area contributed by atoms with Crippen molar-refractivity contribution in [2.75, 3.05) is 33.4 Å². The molecule has 1 aromatic carbocycles. The minimum absolute atomic E-state index is 0.142. The number of nitro benzene ring substituents is 1. The van der Waals surface area contributed by atoms with Crippen LogP contribution in [0, 0.1) is 10.1 Å². The topological polar surface area (TPSA) is 91.1 Å². The molecule has 1 amide bonds. The Hall–Kier alpha value is -2.51. The summed E-state index contributed by atoms with van der Waals surface area (Å²) in [5, 5.41) is 10.9. The van der Waals surface area contributed by atoms with Crippen LogP contribution in [0.3, 0.4) is 0 Å². The minimum Gasteiger partial charge on any atom is -0.496 e. The van der Waals surface area contributed by atoms with Crippen LogP contribution in [-0.2, 0) is 4.74 Å². The van der Waals surface area contributed by atoms with Crippen molar-refractivity contribution in [1.82, 2.24) is 4.90 Å². The smallest absolute Gasteiger partial charge is 0.410 e. The summed E-state index contributed by atoms with van der Waals surface area (Å²) in [5.74, 6) is 0.524. The van der Waals surface area contributed by atoms with Gasteiger partial charge in [-0.2, -0.15) is 0 Å². The van der Waals surface area contributed by atoms with Crippen molar-refractivity contribution in [3.8, 4) is 11.5 Å². The van der Waals surface area contributed by atoms with Crippen LogP contribution in [0.25, 0.3) is 0 Å². The zero-order valence-corrected chi connectivity index (χ0v) is 10.9. The van der Waals surface area contributed by atoms with Gasteiger partial charge in [0.2, 0.25) is 0 Å². The van der Waals surface area contributed by atoms with Crippen LogP contribution in [-0.4, -0.2) is 49.3 Å². The predicted octanol–water partition coefficient (Wildman–Crippen LogP) is 1.43. The van der Waals surface area contributed by atoms with Crippen molar-refractivity contribution >= 4 is 11.8 Å². The molecule has 0 radical (unpaired) electrons. The fourth-order valence-corrected chi connectivity index (χ4v) is 1.78. The van der Waals surface area contributed by atoms with Gasteiger partial charge in [-0.3, -0.25) is 10.1 Å². The van der Waals surface area contributed by atoms with E-state index in [-0.39, 0.29) is 18.0 Å². The molecule has 20 heavy (non-hydrogen) atoms. The molecule has 1 aliphatic heterocycles. The van der Waals surface area contributed by atoms with Gasteiger partial charge < -0.3 is 19.1 Å². The Morgan fingerprint density at radius 1 is 1.50 bits per heavy atom. The van der Waals surface area contributed by atoms with Crippen LogP contribution in [0.2, 0.25) is 0 Å². The summed E-state index contributed by atoms with van der Waals surface area (Å²) >= 11 is 0. The molecule has 0 N–H and O–H groups in total. The summed E-state index contributed by atoms with van der Waals surface area (Å²) in [6, 6.07) is 4.34. The number of cyclic esters (lactones) is 1. The molecule has 1 aromatic rings. The third-order valence-electron chi connectivity index (χ3n) is 2.83. The van der Waals surface area contributed by atoms with Crippen molar-refractivity contribution in [3.05, 3.63) is 28.3 Å². The molecule has 108 valence electrons. The number of ether oxygens (including phenoxy) is 3. The summed E-state index contributed by atoms with van der Waals surface area (Å²) in [4.78, 5) is 23.1. The van der Waals surface area contributed by atoms with Gasteiger partial charge in [0.1, 0.15) is 19.0 Å². The van der Waals surface area contributed by atoms with Crippen LogP contribution in [0.4, 0.5) is 10.5 Å². The molecule has 0 aliphatic carbocycles. The van der Waals surface area contributed by atoms with Gasteiger partial charge in [0, 0.05) is 0 Å². The molecule has 0 atom stereocenters. The molecule has 1 saturated heterocycles. The number of carbonyl (C=O) groups excluding carboxylic acids is 1. The first-order valence-corrected chi connectivity index (χ1v) is 5.98. The number of nitro groups is 1. The molecule has 0 saturated carbocycles. The molecule has 8 nitrogen and oxygen atoms in total. The monoisotopic (exact) mass is 282 g/mol. The Morgan fingerprint density at radius 2 is 2.30 bits per heavy atom. The van der Waals surface area contributed by atoms with E-state index in [1.165, 1.54) is 24.1 Å². The van der Waals surface area contributed by atoms with Crippen molar-refractivity contribution in [2.45, 2.75) is 0 Å². The number of carbonyl (C=O) groups is 1. The van der Waals surface area contributed by atoms with Crippen LogP contribution in [0.5, 0.6) is 11.5 Å². The van der Waals surface area contributed by atoms with E-state index in [0.29, 0.717) is 25.4 Å². The molecule has 2 rings (SSSR count). The summed E-state index contributed by atoms with van der Waals surface area (Å²) < 4.78 is 15.1. The second kappa shape index (κ2) is 6.09. The van der Waals surface area contributed by atoms with Crippen molar-refractivity contribution in [1.29, 1.82) is 0 Å². The normalized spacial score (nSPS) is 14.1. The summed E-state index contributed by atoms with van der Waals surface area (Å²) in [6.45, 7) is 1.35. The van der Waals surface area contributed by atoms with E-state index < -0.39 is 11.0 Å². The second-order valence-electron chi connectivity index (χ2n) is 4.04. The second-order valence-corrected chi connectivity index (χ2v) is 4.04. The molecule has 0 bridgehead atoms. The zero-order valence-electron chi connectivity index (χ0n) is 10.9. The van der Waals surface area contributed by atoms with Gasteiger partial charge in [-0.15, -0.1) is 0 Å². The van der Waals surface area contributed by atoms with Crippen molar-refractivity contribution < 1.29 is 23.9 Å². The quantitative estimate of drug-likeness (QED) is 0.579. The highest BCUT2D eigenvalue weighted by molar-refractivity contribution is 5.69. The predicted molar refractivity (Wildman–Crippen MR) is 68.1 cm³/mol. The molecule has 1 fully saturated rings. The number of rotatable bonds is 6. The van der Waals surface area contributed by atoms with Crippen LogP contribution < -0.4 is 9.47 Å². The van der Waals surface area contributed by atoms with E-state index >= 15 is 0 Å². The number of hydrogen-bond donors (Lipinski definition) is 0. The van der Waals surface area contributed by atoms with E-state index in [9.17, 15) is 14.9 Å². The van der Waals surface area contributed by atoms with Crippen molar-refractivity contribution in [2.24, 2.45) is 0 Å². The molecule has 0 unspecified atom stereocenters. The van der Waals surface area contributed by atoms with Gasteiger partial charge in [0.25, 0.3) is 0 Å². The van der Waals surface area contributed by atoms with E-state index in [0.717, 1.165) is 0 Å². The molecule has 0 aromatic heterocycles. The molecule has 1 heterocycles. The number of methoxy groups -OCH3 is 1. The minimum atomic E-state index is -0.540. The highest BCUT2D eigenvalue weighted by Crippen LogP contribution is 2.30. The largest absolute Gasteiger partial charge is 0.496 e. The Labute approximate surface area is 115 Å². The Bertz CT molecular complexity index is 519. The Balaban J connectivity index is 1.98. The molecular weight excluding hydrogens is 268 g/mol. The fourth-order valence-electron chi connectivity index (χ4n) is 1.78. The summed E-state index contributed by atoms with van der Waals surface area (Å²) in [7, 11) is 1.43. The third kappa shape index (κ3) is 3.08. The lowest BCUT2D eigenvalue weighted by Crippen LogP contribution is -2.29. The van der Waals surface area contributed by atoms with Gasteiger partial charge in [-0.05, 0) is 12.1 Å². The number of nitrogens with zero attached hydrogens (tertiary/aromatic N) is 2. The van der Waals surface area contributed by atoms with E-state index in [4.69, 9.17) is 14.2 Å². The highest BCUT2D eigenvalue weighted by Gasteiger charge is 2.22. The molecule has 1 aliphatic rings. The van der Waals surface area contributed by atoms with Gasteiger partial charge in [0.05, 0.1) is 31.2 Å². The molecule has 0 spiro atoms. The van der Waals surface area contributed by atoms with Gasteiger partial charge in [-0.1, -0.05) is 0 Å². The van der Waals surface area contributed by atoms with E-state index in [2.05, 4.69) is 0 Å². The average Bonchev–Trinajstić information content (AvgIpc) is 2.84. The SMILES string of the molecule is COc1ccc(OCCN2CCOC2=O)c([N+](=O)[O-])c1. The lowest BCUT2D eigenvalue weighted by atomic mass is 10.3. The average molecular weight is 282 g/mol. The number of benzene rings is 1. The summed E-state index contributed by atoms with van der Waals surface area (Å²) in [5.41, 5.74) is -0.173. The zero-order chi connectivity index (χ0) is 14.5. The first-order valence-electron chi connectivity index (χ1n) is 5.98. The van der Waals surface area contributed by atoms with Gasteiger partial charge in [0.15, 0.2) is 5.75 Å². The molecular formula is C12H14N2O6. The number of amides is 1. The van der Waals surface area contributed by atoms with Gasteiger partial charge >= 0.3 is 11.8 Å². The van der Waals surface area contributed by atoms with Gasteiger partial charge in [-0.25, -0.2) is 4.79 Å². The Kier molecular flexibility index (Phi) is 4.24. The van der Waals surface area contributed by atoms with Crippen LogP contribution >= 0.6 is 0 Å². The third-order valence-corrected chi connectivity index (χ3v) is 2.83. The maximum absolute atomic E-state index is 11.2. The maximum Gasteiger partial charge on any atom is 0.410 e. The van der Waals surface area contributed by atoms with Crippen molar-refractivity contribution in [3.63, 3.8) is 0 Å².